The summed E-state index contributed by atoms with van der Waals surface area (Å²) >= 11 is 0. The number of nitrogens with zero attached hydrogens (tertiary/aromatic N) is 3. The van der Waals surface area contributed by atoms with Crippen LogP contribution in [0.1, 0.15) is 162 Å². The molecular weight excluding hydrogens is 846 g/mol. The van der Waals surface area contributed by atoms with Crippen LogP contribution in [0.15, 0.2) is 72.9 Å². The van der Waals surface area contributed by atoms with Crippen LogP contribution in [0.5, 0.6) is 0 Å². The summed E-state index contributed by atoms with van der Waals surface area (Å²) in [6.45, 7) is 29.3. The summed E-state index contributed by atoms with van der Waals surface area (Å²) in [5, 5.41) is 0. The molecule has 3 aliphatic carbocycles. The predicted octanol–water partition coefficient (Wildman–Crippen LogP) is 12.4. The van der Waals surface area contributed by atoms with E-state index in [0.29, 0.717) is 57.8 Å². The van der Waals surface area contributed by atoms with Gasteiger partial charge in [-0.15, -0.1) is 0 Å². The highest BCUT2D eigenvalue weighted by Crippen LogP contribution is 2.60. The van der Waals surface area contributed by atoms with Gasteiger partial charge in [-0.2, -0.15) is 0 Å². The summed E-state index contributed by atoms with van der Waals surface area (Å²) in [6.07, 6.45) is 23.5. The van der Waals surface area contributed by atoms with Crippen molar-refractivity contribution in [2.24, 2.45) is 0 Å². The molecule has 0 radical (unpaired) electrons. The van der Waals surface area contributed by atoms with Crippen molar-refractivity contribution in [1.82, 2.24) is 14.7 Å². The van der Waals surface area contributed by atoms with Gasteiger partial charge in [-0.1, -0.05) is 54.7 Å². The molecule has 14 heteroatoms. The first-order valence-electron chi connectivity index (χ1n) is 23.5. The zero-order chi connectivity index (χ0) is 48.3. The smallest absolute Gasteiger partial charge is 0.438 e. The number of phosphoric acid groups is 1. The van der Waals surface area contributed by atoms with E-state index in [4.69, 9.17) is 27.8 Å². The number of carbonyl (C=O) groups excluding carboxylic acids is 3. The molecule has 0 aromatic rings. The van der Waals surface area contributed by atoms with Crippen LogP contribution < -0.4 is 0 Å². The lowest BCUT2D eigenvalue weighted by atomic mass is 9.78. The summed E-state index contributed by atoms with van der Waals surface area (Å²) in [4.78, 5) is 47.6. The van der Waals surface area contributed by atoms with Crippen LogP contribution in [-0.2, 0) is 32.3 Å². The second-order valence-corrected chi connectivity index (χ2v) is 25.3. The van der Waals surface area contributed by atoms with E-state index in [1.807, 2.05) is 177 Å². The highest BCUT2D eigenvalue weighted by molar-refractivity contribution is 7.48. The number of phosphoric ester groups is 1. The fourth-order valence-electron chi connectivity index (χ4n) is 12.0. The molecule has 3 atom stereocenters. The first-order valence-corrected chi connectivity index (χ1v) is 25.0. The van der Waals surface area contributed by atoms with E-state index in [0.717, 1.165) is 0 Å². The Labute approximate surface area is 389 Å². The van der Waals surface area contributed by atoms with E-state index in [9.17, 15) is 14.4 Å². The summed E-state index contributed by atoms with van der Waals surface area (Å²) in [5.74, 6) is 0. The van der Waals surface area contributed by atoms with Gasteiger partial charge in [0.25, 0.3) is 0 Å². The number of likely N-dealkylation sites (tertiary alicyclic amines) is 3. The molecule has 362 valence electrons. The molecule has 3 amide bonds. The van der Waals surface area contributed by atoms with Crippen molar-refractivity contribution in [3.8, 4) is 0 Å². The number of allylic oxidation sites excluding steroid dienone is 6. The molecule has 3 fully saturated rings. The fraction of sp³-hybridized carbons (Fsp3) is 0.706. The molecule has 0 spiro atoms. The third-order valence-electron chi connectivity index (χ3n) is 14.0. The SMILES string of the molecule is CC1(OC(=O)N2C(C)(C)CC(OP(=O)(OC3CC(C)(C)N(C(=O)OC4(C)C=CC=CC4)C(C)(C)C3)OC3CC(C)(C)N(C(=O)OC4(C)C=CC=CC4)C(C)(C)C3)CC2(C)C)C=CC=CC1. The monoisotopic (exact) mass is 924 g/mol. The molecular formula is C51H78N3O10P. The molecule has 3 heterocycles. The molecule has 3 saturated heterocycles. The Bertz CT molecular complexity index is 1800. The van der Waals surface area contributed by atoms with Crippen molar-refractivity contribution in [2.45, 2.75) is 230 Å². The average Bonchev–Trinajstić information content (AvgIpc) is 3.08. The molecule has 13 nitrogen and oxygen atoms in total. The lowest BCUT2D eigenvalue weighted by molar-refractivity contribution is -0.108. The number of hydrogen-bond acceptors (Lipinski definition) is 10. The Hall–Kier alpha value is -3.64. The molecule has 0 N–H and O–H groups in total. The lowest BCUT2D eigenvalue weighted by Crippen LogP contribution is -2.65. The Kier molecular flexibility index (Phi) is 13.6. The first-order chi connectivity index (χ1) is 29.7. The van der Waals surface area contributed by atoms with E-state index in [1.54, 1.807) is 14.7 Å². The zero-order valence-electron chi connectivity index (χ0n) is 41.9. The van der Waals surface area contributed by atoms with E-state index >= 15 is 4.57 Å². The van der Waals surface area contributed by atoms with Crippen LogP contribution in [0.25, 0.3) is 0 Å². The van der Waals surface area contributed by atoms with Crippen molar-refractivity contribution in [1.29, 1.82) is 0 Å². The number of carbonyl (C=O) groups is 3. The summed E-state index contributed by atoms with van der Waals surface area (Å²) in [6, 6.07) is 0. The van der Waals surface area contributed by atoms with Crippen LogP contribution in [0.2, 0.25) is 0 Å². The molecule has 0 aromatic heterocycles. The zero-order valence-corrected chi connectivity index (χ0v) is 42.8. The Morgan fingerprint density at radius 1 is 0.400 bits per heavy atom. The van der Waals surface area contributed by atoms with Gasteiger partial charge in [0.05, 0.1) is 18.3 Å². The maximum absolute atomic E-state index is 15.8. The average molecular weight is 924 g/mol. The Morgan fingerprint density at radius 3 is 0.800 bits per heavy atom. The van der Waals surface area contributed by atoms with Crippen LogP contribution in [-0.4, -0.2) is 101 Å². The molecule has 6 rings (SSSR count). The minimum absolute atomic E-state index is 0.321. The van der Waals surface area contributed by atoms with Gasteiger partial charge in [0, 0.05) is 52.5 Å². The van der Waals surface area contributed by atoms with Crippen molar-refractivity contribution in [3.05, 3.63) is 72.9 Å². The van der Waals surface area contributed by atoms with Crippen molar-refractivity contribution >= 4 is 26.1 Å². The quantitative estimate of drug-likeness (QED) is 0.162. The van der Waals surface area contributed by atoms with Gasteiger partial charge in [-0.25, -0.2) is 18.9 Å². The van der Waals surface area contributed by atoms with Gasteiger partial charge in [-0.3, -0.25) is 28.3 Å². The number of hydrogen-bond donors (Lipinski definition) is 0. The van der Waals surface area contributed by atoms with E-state index in [-0.39, 0.29) is 0 Å². The van der Waals surface area contributed by atoms with Crippen LogP contribution in [0, 0.1) is 0 Å². The third kappa shape index (κ3) is 11.4. The molecule has 3 unspecified atom stereocenters. The van der Waals surface area contributed by atoms with Gasteiger partial charge >= 0.3 is 26.1 Å². The normalized spacial score (nSPS) is 32.2. The Morgan fingerprint density at radius 2 is 0.615 bits per heavy atom. The van der Waals surface area contributed by atoms with Crippen LogP contribution in [0.3, 0.4) is 0 Å². The predicted molar refractivity (Wildman–Crippen MR) is 253 cm³/mol. The van der Waals surface area contributed by atoms with E-state index in [2.05, 4.69) is 0 Å². The second kappa shape index (κ2) is 17.5. The van der Waals surface area contributed by atoms with E-state index < -0.39 is 94.5 Å². The second-order valence-electron chi connectivity index (χ2n) is 23.8. The minimum Gasteiger partial charge on any atom is -0.438 e. The van der Waals surface area contributed by atoms with Gasteiger partial charge in [0.15, 0.2) is 0 Å². The fourth-order valence-corrected chi connectivity index (χ4v) is 13.7. The molecule has 0 aromatic carbocycles. The highest BCUT2D eigenvalue weighted by Gasteiger charge is 2.57. The summed E-state index contributed by atoms with van der Waals surface area (Å²) < 4.78 is 54.7. The van der Waals surface area contributed by atoms with E-state index in [1.165, 1.54) is 0 Å². The Balaban J connectivity index is 1.27. The van der Waals surface area contributed by atoms with Gasteiger partial charge in [0.1, 0.15) is 16.8 Å². The van der Waals surface area contributed by atoms with Crippen molar-refractivity contribution in [3.63, 3.8) is 0 Å². The van der Waals surface area contributed by atoms with Gasteiger partial charge in [-0.05, 0) is 161 Å². The van der Waals surface area contributed by atoms with Gasteiger partial charge in [0.2, 0.25) is 0 Å². The maximum Gasteiger partial charge on any atom is 0.475 e. The maximum atomic E-state index is 15.8. The number of amides is 3. The minimum atomic E-state index is -4.47. The van der Waals surface area contributed by atoms with Crippen LogP contribution in [0.4, 0.5) is 14.4 Å². The number of piperidine rings is 3. The standard InChI is InChI=1S/C51H78N3O10P/c1-43(2)31-37(32-44(3,4)52(43)40(55)59-49(13)25-19-16-20-26-49)62-65(58,63-38-33-45(5,6)53(46(7,8)34-38)41(56)60-50(14)27-21-17-22-28-50)64-39-35-47(9,10)54(48(11,12)36-39)42(57)61-51(15)29-23-18-24-30-51/h16-25,27,29,37-39H,26,28,30-36H2,1-15H3. The molecule has 65 heavy (non-hydrogen) atoms. The largest absolute Gasteiger partial charge is 0.475 e. The lowest BCUT2D eigenvalue weighted by Gasteiger charge is -2.56. The third-order valence-corrected chi connectivity index (χ3v) is 15.7. The molecule has 6 aliphatic rings. The molecule has 0 saturated carbocycles. The highest BCUT2D eigenvalue weighted by atomic mass is 31.2. The molecule has 3 aliphatic heterocycles. The number of ether oxygens (including phenoxy) is 3. The van der Waals surface area contributed by atoms with Crippen molar-refractivity contribution < 1.29 is 46.7 Å². The van der Waals surface area contributed by atoms with Crippen LogP contribution >= 0.6 is 7.82 Å². The summed E-state index contributed by atoms with van der Waals surface area (Å²) in [7, 11) is -4.47. The molecule has 0 bridgehead atoms. The van der Waals surface area contributed by atoms with Crippen molar-refractivity contribution in [2.75, 3.05) is 0 Å². The van der Waals surface area contributed by atoms with Gasteiger partial charge < -0.3 is 14.2 Å². The first kappa shape index (κ1) is 50.8. The number of rotatable bonds is 9. The summed E-state index contributed by atoms with van der Waals surface area (Å²) in [5.41, 5.74) is -7.07. The topological polar surface area (TPSA) is 133 Å².